The van der Waals surface area contributed by atoms with Gasteiger partial charge in [-0.3, -0.25) is 4.79 Å². The van der Waals surface area contributed by atoms with Gasteiger partial charge in [0.05, 0.1) is 25.4 Å². The molecule has 1 aromatic heterocycles. The first-order valence-electron chi connectivity index (χ1n) is 12.5. The van der Waals surface area contributed by atoms with Crippen molar-refractivity contribution in [2.45, 2.75) is 81.2 Å². The molecule has 0 spiro atoms. The first-order chi connectivity index (χ1) is 16.4. The molecule has 5 heterocycles. The molecule has 1 saturated carbocycles. The number of hydrogen-bond donors (Lipinski definition) is 1. The number of sulfonamides is 1. The summed E-state index contributed by atoms with van der Waals surface area (Å²) in [5.41, 5.74) is 2.24. The molecule has 9 nitrogen and oxygen atoms in total. The van der Waals surface area contributed by atoms with Gasteiger partial charge in [0.25, 0.3) is 5.91 Å². The third-order valence-electron chi connectivity index (χ3n) is 7.83. The van der Waals surface area contributed by atoms with Crippen LogP contribution in [0.1, 0.15) is 62.0 Å². The fourth-order valence-electron chi connectivity index (χ4n) is 5.90. The van der Waals surface area contributed by atoms with Crippen molar-refractivity contribution in [1.29, 1.82) is 0 Å². The molecule has 6 rings (SSSR count). The number of carbonyl (C=O) groups is 1. The van der Waals surface area contributed by atoms with E-state index in [0.717, 1.165) is 43.2 Å². The summed E-state index contributed by atoms with van der Waals surface area (Å²) in [5.74, 6) is 0.724. The second kappa shape index (κ2) is 10.1. The lowest BCUT2D eigenvalue weighted by atomic mass is 9.81. The Morgan fingerprint density at radius 2 is 1.94 bits per heavy atom. The van der Waals surface area contributed by atoms with Gasteiger partial charge in [0.1, 0.15) is 5.25 Å². The highest BCUT2D eigenvalue weighted by molar-refractivity contribution is 7.90. The summed E-state index contributed by atoms with van der Waals surface area (Å²) < 4.78 is 46.6. The Kier molecular flexibility index (Phi) is 7.11. The second-order valence-corrected chi connectivity index (χ2v) is 12.0. The van der Waals surface area contributed by atoms with E-state index in [1.165, 1.54) is 0 Å². The number of ether oxygens (including phenoxy) is 3. The van der Waals surface area contributed by atoms with Gasteiger partial charge in [-0.15, -0.1) is 0 Å². The van der Waals surface area contributed by atoms with E-state index in [1.54, 1.807) is 11.1 Å². The van der Waals surface area contributed by atoms with Crippen molar-refractivity contribution in [1.82, 2.24) is 14.6 Å². The third kappa shape index (κ3) is 4.96. The zero-order valence-corrected chi connectivity index (χ0v) is 20.6. The van der Waals surface area contributed by atoms with Gasteiger partial charge in [0.15, 0.2) is 6.61 Å². The van der Waals surface area contributed by atoms with E-state index in [1.807, 2.05) is 6.07 Å². The molecule has 188 valence electrons. The minimum absolute atomic E-state index is 0.109. The van der Waals surface area contributed by atoms with Crippen LogP contribution >= 0.6 is 0 Å². The number of nitrogens with zero attached hydrogens (tertiary/aromatic N) is 2. The number of nitrogens with one attached hydrogen (secondary N) is 1. The molecular weight excluding hydrogens is 458 g/mol. The molecule has 3 unspecified atom stereocenters. The maximum Gasteiger partial charge on any atom is 0.260 e. The van der Waals surface area contributed by atoms with Crippen molar-refractivity contribution in [2.75, 3.05) is 33.0 Å². The Bertz CT molecular complexity index is 988. The molecule has 2 saturated heterocycles. The Morgan fingerprint density at radius 3 is 2.71 bits per heavy atom. The zero-order chi connectivity index (χ0) is 23.7. The standard InChI is InChI=1S/C24H35N3O6S/c1-16-8-10-25-24-23(16)17-4-6-18(7-5-17)32-14-21-20(3-2-11-27(21)22(28)15-33-24)26-34(29,30)19-9-12-31-13-19/h8,10,17-21,26H,2-7,9,11-15H2,1H3. The van der Waals surface area contributed by atoms with Crippen molar-refractivity contribution >= 4 is 15.9 Å². The molecule has 1 N–H and O–H groups in total. The molecule has 2 bridgehead atoms. The number of piperidine rings is 1. The van der Waals surface area contributed by atoms with Gasteiger partial charge in [-0.1, -0.05) is 0 Å². The van der Waals surface area contributed by atoms with Crippen molar-refractivity contribution in [3.05, 3.63) is 23.4 Å². The van der Waals surface area contributed by atoms with Gasteiger partial charge in [0.2, 0.25) is 15.9 Å². The molecule has 3 fully saturated rings. The van der Waals surface area contributed by atoms with Crippen molar-refractivity contribution in [3.63, 3.8) is 0 Å². The first kappa shape index (κ1) is 24.0. The lowest BCUT2D eigenvalue weighted by Gasteiger charge is -2.42. The van der Waals surface area contributed by atoms with Crippen LogP contribution in [0.4, 0.5) is 0 Å². The summed E-state index contributed by atoms with van der Waals surface area (Å²) in [7, 11) is -3.55. The molecule has 1 amide bonds. The van der Waals surface area contributed by atoms with Gasteiger partial charge in [-0.25, -0.2) is 18.1 Å². The van der Waals surface area contributed by atoms with E-state index in [9.17, 15) is 13.2 Å². The van der Waals surface area contributed by atoms with Crippen LogP contribution in [0.2, 0.25) is 0 Å². The molecule has 1 aliphatic carbocycles. The molecule has 34 heavy (non-hydrogen) atoms. The van der Waals surface area contributed by atoms with E-state index in [2.05, 4.69) is 16.6 Å². The highest BCUT2D eigenvalue weighted by Crippen LogP contribution is 2.39. The van der Waals surface area contributed by atoms with Crippen LogP contribution < -0.4 is 9.46 Å². The number of fused-ring (bicyclic) bond motifs is 5. The second-order valence-electron chi connectivity index (χ2n) is 9.99. The number of aromatic nitrogens is 1. The van der Waals surface area contributed by atoms with Gasteiger partial charge < -0.3 is 19.1 Å². The number of hydrogen-bond acceptors (Lipinski definition) is 7. The van der Waals surface area contributed by atoms with Crippen LogP contribution in [0.25, 0.3) is 0 Å². The maximum atomic E-state index is 13.3. The number of rotatable bonds is 3. The van der Waals surface area contributed by atoms with Gasteiger partial charge in [-0.2, -0.15) is 0 Å². The summed E-state index contributed by atoms with van der Waals surface area (Å²) in [5, 5.41) is -0.543. The average Bonchev–Trinajstić information content (AvgIpc) is 3.38. The van der Waals surface area contributed by atoms with Crippen LogP contribution in [0.5, 0.6) is 5.88 Å². The van der Waals surface area contributed by atoms with Gasteiger partial charge in [0, 0.05) is 31.0 Å². The predicted octanol–water partition coefficient (Wildman–Crippen LogP) is 1.89. The highest BCUT2D eigenvalue weighted by Gasteiger charge is 2.40. The van der Waals surface area contributed by atoms with Crippen LogP contribution in [-0.4, -0.2) is 80.6 Å². The molecule has 3 atom stereocenters. The number of aryl methyl sites for hydroxylation is 1. The summed E-state index contributed by atoms with van der Waals surface area (Å²) in [4.78, 5) is 19.5. The van der Waals surface area contributed by atoms with Crippen LogP contribution in [0, 0.1) is 6.92 Å². The summed E-state index contributed by atoms with van der Waals surface area (Å²) in [6.07, 6.45) is 7.53. The summed E-state index contributed by atoms with van der Waals surface area (Å²) in [6, 6.07) is 1.24. The monoisotopic (exact) mass is 493 g/mol. The maximum absolute atomic E-state index is 13.3. The minimum Gasteiger partial charge on any atom is -0.467 e. The summed E-state index contributed by atoms with van der Waals surface area (Å²) >= 11 is 0. The van der Waals surface area contributed by atoms with E-state index in [0.29, 0.717) is 44.4 Å². The Morgan fingerprint density at radius 1 is 1.12 bits per heavy atom. The lowest BCUT2D eigenvalue weighted by molar-refractivity contribution is -0.140. The number of amides is 1. The Hall–Kier alpha value is -1.75. The van der Waals surface area contributed by atoms with E-state index in [-0.39, 0.29) is 31.3 Å². The van der Waals surface area contributed by atoms with E-state index < -0.39 is 21.3 Å². The van der Waals surface area contributed by atoms with Crippen molar-refractivity contribution in [2.24, 2.45) is 0 Å². The van der Waals surface area contributed by atoms with E-state index >= 15 is 0 Å². The smallest absolute Gasteiger partial charge is 0.260 e. The third-order valence-corrected chi connectivity index (χ3v) is 9.71. The lowest BCUT2D eigenvalue weighted by Crippen LogP contribution is -2.60. The highest BCUT2D eigenvalue weighted by atomic mass is 32.2. The SMILES string of the molecule is Cc1ccnc2c1C1CCC(CC1)OCC1C(NS(=O)(=O)C3CCOC3)CCCN1C(=O)CO2. The van der Waals surface area contributed by atoms with Crippen LogP contribution in [-0.2, 0) is 24.3 Å². The van der Waals surface area contributed by atoms with E-state index in [4.69, 9.17) is 14.2 Å². The molecule has 1 aromatic rings. The molecule has 10 heteroatoms. The predicted molar refractivity (Wildman–Crippen MR) is 125 cm³/mol. The number of pyridine rings is 1. The molecule has 4 aliphatic heterocycles. The van der Waals surface area contributed by atoms with Crippen LogP contribution in [0.3, 0.4) is 0 Å². The Labute approximate surface area is 201 Å². The first-order valence-corrected chi connectivity index (χ1v) is 14.1. The average molecular weight is 494 g/mol. The van der Waals surface area contributed by atoms with Crippen molar-refractivity contribution < 1.29 is 27.4 Å². The number of carbonyl (C=O) groups excluding carboxylic acids is 1. The normalized spacial score (nSPS) is 32.7. The Balaban J connectivity index is 1.40. The zero-order valence-electron chi connectivity index (χ0n) is 19.8. The minimum atomic E-state index is -3.55. The van der Waals surface area contributed by atoms with Crippen LogP contribution in [0.15, 0.2) is 12.3 Å². The molecule has 5 aliphatic rings. The molecule has 0 radical (unpaired) electrons. The summed E-state index contributed by atoms with van der Waals surface area (Å²) in [6.45, 7) is 3.50. The fourth-order valence-corrected chi connectivity index (χ4v) is 7.47. The largest absolute Gasteiger partial charge is 0.467 e. The van der Waals surface area contributed by atoms with Crippen molar-refractivity contribution in [3.8, 4) is 5.88 Å². The fraction of sp³-hybridized carbons (Fsp3) is 0.750. The molecule has 0 aromatic carbocycles. The van der Waals surface area contributed by atoms with Gasteiger partial charge in [-0.05, 0) is 69.4 Å². The molecular formula is C24H35N3O6S. The quantitative estimate of drug-likeness (QED) is 0.685. The van der Waals surface area contributed by atoms with Gasteiger partial charge >= 0.3 is 0 Å². The topological polar surface area (TPSA) is 107 Å².